The van der Waals surface area contributed by atoms with Gasteiger partial charge in [0.25, 0.3) is 0 Å². The molecule has 2 rings (SSSR count). The van der Waals surface area contributed by atoms with E-state index in [9.17, 15) is 0 Å². The van der Waals surface area contributed by atoms with Crippen molar-refractivity contribution in [2.75, 3.05) is 39.7 Å². The fourth-order valence-electron chi connectivity index (χ4n) is 2.41. The van der Waals surface area contributed by atoms with E-state index in [-0.39, 0.29) is 30.1 Å². The van der Waals surface area contributed by atoms with E-state index in [1.807, 2.05) is 62.4 Å². The van der Waals surface area contributed by atoms with E-state index >= 15 is 0 Å². The number of aliphatic imine (C=N–C) groups is 1. The number of nitrogens with zero attached hydrogens (tertiary/aromatic N) is 3. The van der Waals surface area contributed by atoms with Gasteiger partial charge in [-0.15, -0.1) is 24.0 Å². The number of aromatic nitrogens is 1. The van der Waals surface area contributed by atoms with E-state index in [1.165, 1.54) is 0 Å². The molecule has 1 atom stereocenters. The summed E-state index contributed by atoms with van der Waals surface area (Å²) < 4.78 is 11.1. The van der Waals surface area contributed by atoms with Crippen LogP contribution in [0.4, 0.5) is 5.82 Å². The quantitative estimate of drug-likeness (QED) is 0.331. The minimum absolute atomic E-state index is 0. The standard InChI is InChI=1S/C20H29N5O2.HI/c1-15(27-18-8-6-7-17(12-18)26-5)13-23-20(21-2)24-14-16-9-10-22-19(11-16)25(3)4;/h6-12,15H,13-14H2,1-5H3,(H2,21,23,24);1H. The number of nitrogens with one attached hydrogen (secondary N) is 2. The normalized spacial score (nSPS) is 11.8. The largest absolute Gasteiger partial charge is 0.497 e. The van der Waals surface area contributed by atoms with E-state index < -0.39 is 0 Å². The van der Waals surface area contributed by atoms with Crippen molar-refractivity contribution in [3.63, 3.8) is 0 Å². The van der Waals surface area contributed by atoms with Gasteiger partial charge in [-0.1, -0.05) is 6.07 Å². The van der Waals surface area contributed by atoms with Crippen molar-refractivity contribution >= 4 is 35.8 Å². The van der Waals surface area contributed by atoms with Crippen molar-refractivity contribution < 1.29 is 9.47 Å². The first kappa shape index (κ1) is 23.8. The van der Waals surface area contributed by atoms with Gasteiger partial charge in [0.2, 0.25) is 0 Å². The van der Waals surface area contributed by atoms with Crippen LogP contribution in [0.25, 0.3) is 0 Å². The molecule has 0 fully saturated rings. The van der Waals surface area contributed by atoms with E-state index in [1.54, 1.807) is 14.2 Å². The second kappa shape index (κ2) is 12.3. The molecule has 0 aliphatic heterocycles. The molecule has 2 N–H and O–H groups in total. The Hall–Kier alpha value is -2.23. The molecule has 0 aliphatic rings. The van der Waals surface area contributed by atoms with Crippen molar-refractivity contribution in [1.29, 1.82) is 0 Å². The Balaban J connectivity index is 0.00000392. The van der Waals surface area contributed by atoms with Crippen LogP contribution < -0.4 is 25.0 Å². The van der Waals surface area contributed by atoms with Crippen LogP contribution in [0.1, 0.15) is 12.5 Å². The zero-order valence-corrected chi connectivity index (χ0v) is 19.4. The van der Waals surface area contributed by atoms with Gasteiger partial charge in [0.05, 0.1) is 13.7 Å². The fourth-order valence-corrected chi connectivity index (χ4v) is 2.41. The van der Waals surface area contributed by atoms with Gasteiger partial charge in [-0.3, -0.25) is 4.99 Å². The number of halogens is 1. The summed E-state index contributed by atoms with van der Waals surface area (Å²) in [5.41, 5.74) is 1.14. The molecule has 0 spiro atoms. The van der Waals surface area contributed by atoms with Gasteiger partial charge in [-0.25, -0.2) is 4.98 Å². The molecule has 0 saturated carbocycles. The topological polar surface area (TPSA) is 71.0 Å². The fraction of sp³-hybridized carbons (Fsp3) is 0.400. The van der Waals surface area contributed by atoms with Crippen molar-refractivity contribution in [2.24, 2.45) is 4.99 Å². The maximum atomic E-state index is 5.92. The van der Waals surface area contributed by atoms with Crippen molar-refractivity contribution in [3.05, 3.63) is 48.2 Å². The molecule has 1 aromatic heterocycles. The summed E-state index contributed by atoms with van der Waals surface area (Å²) in [6, 6.07) is 11.6. The number of hydrogen-bond acceptors (Lipinski definition) is 5. The second-order valence-electron chi connectivity index (χ2n) is 6.33. The SMILES string of the molecule is CN=C(NCc1ccnc(N(C)C)c1)NCC(C)Oc1cccc(OC)c1.I. The Morgan fingerprint density at radius 2 is 1.93 bits per heavy atom. The van der Waals surface area contributed by atoms with Gasteiger partial charge >= 0.3 is 0 Å². The van der Waals surface area contributed by atoms with Crippen LogP contribution in [0.15, 0.2) is 47.6 Å². The van der Waals surface area contributed by atoms with Crippen LogP contribution >= 0.6 is 24.0 Å². The highest BCUT2D eigenvalue weighted by Crippen LogP contribution is 2.19. The highest BCUT2D eigenvalue weighted by atomic mass is 127. The van der Waals surface area contributed by atoms with Crippen LogP contribution in [0.5, 0.6) is 11.5 Å². The lowest BCUT2D eigenvalue weighted by atomic mass is 10.2. The summed E-state index contributed by atoms with van der Waals surface area (Å²) in [5.74, 6) is 3.20. The average Bonchev–Trinajstić information content (AvgIpc) is 2.68. The summed E-state index contributed by atoms with van der Waals surface area (Å²) in [5, 5.41) is 6.59. The number of anilines is 1. The minimum Gasteiger partial charge on any atom is -0.497 e. The van der Waals surface area contributed by atoms with Crippen LogP contribution in [0.3, 0.4) is 0 Å². The Bertz CT molecular complexity index is 755. The number of hydrogen-bond donors (Lipinski definition) is 2. The molecule has 28 heavy (non-hydrogen) atoms. The number of ether oxygens (including phenoxy) is 2. The third-order valence-corrected chi connectivity index (χ3v) is 3.89. The molecule has 0 aliphatic carbocycles. The number of methoxy groups -OCH3 is 1. The number of guanidine groups is 1. The summed E-state index contributed by atoms with van der Waals surface area (Å²) in [6.45, 7) is 3.29. The van der Waals surface area contributed by atoms with Gasteiger partial charge in [0, 0.05) is 40.0 Å². The zero-order chi connectivity index (χ0) is 19.6. The van der Waals surface area contributed by atoms with Gasteiger partial charge in [-0.2, -0.15) is 0 Å². The molecule has 8 heteroatoms. The first-order valence-electron chi connectivity index (χ1n) is 8.89. The van der Waals surface area contributed by atoms with E-state index in [4.69, 9.17) is 9.47 Å². The second-order valence-corrected chi connectivity index (χ2v) is 6.33. The lowest BCUT2D eigenvalue weighted by Crippen LogP contribution is -2.41. The predicted octanol–water partition coefficient (Wildman–Crippen LogP) is 2.91. The van der Waals surface area contributed by atoms with Gasteiger partial charge in [-0.05, 0) is 36.8 Å². The number of pyridine rings is 1. The smallest absolute Gasteiger partial charge is 0.191 e. The Morgan fingerprint density at radius 1 is 1.18 bits per heavy atom. The van der Waals surface area contributed by atoms with Crippen molar-refractivity contribution in [1.82, 2.24) is 15.6 Å². The monoisotopic (exact) mass is 499 g/mol. The molecule has 7 nitrogen and oxygen atoms in total. The van der Waals surface area contributed by atoms with Gasteiger partial charge in [0.1, 0.15) is 23.4 Å². The lowest BCUT2D eigenvalue weighted by molar-refractivity contribution is 0.223. The zero-order valence-electron chi connectivity index (χ0n) is 17.1. The molecule has 0 radical (unpaired) electrons. The Kier molecular flexibility index (Phi) is 10.4. The average molecular weight is 499 g/mol. The molecular weight excluding hydrogens is 469 g/mol. The molecule has 1 aromatic carbocycles. The van der Waals surface area contributed by atoms with Gasteiger partial charge in [0.15, 0.2) is 5.96 Å². The predicted molar refractivity (Wildman–Crippen MR) is 125 cm³/mol. The van der Waals surface area contributed by atoms with E-state index in [0.717, 1.165) is 28.8 Å². The molecule has 154 valence electrons. The summed E-state index contributed by atoms with van der Waals surface area (Å²) in [6.07, 6.45) is 1.78. The molecule has 0 saturated heterocycles. The highest BCUT2D eigenvalue weighted by Gasteiger charge is 2.07. The molecule has 1 unspecified atom stereocenters. The highest BCUT2D eigenvalue weighted by molar-refractivity contribution is 14.0. The Labute approximate surface area is 184 Å². The maximum Gasteiger partial charge on any atom is 0.191 e. The molecular formula is C20H30IN5O2. The van der Waals surface area contributed by atoms with Gasteiger partial charge < -0.3 is 25.0 Å². The maximum absolute atomic E-state index is 5.92. The van der Waals surface area contributed by atoms with Crippen LogP contribution in [-0.2, 0) is 6.54 Å². The molecule has 2 aromatic rings. The molecule has 1 heterocycles. The number of rotatable bonds is 8. The molecule has 0 amide bonds. The number of benzene rings is 1. The summed E-state index contributed by atoms with van der Waals surface area (Å²) >= 11 is 0. The third kappa shape index (κ3) is 7.79. The van der Waals surface area contributed by atoms with Crippen molar-refractivity contribution in [3.8, 4) is 11.5 Å². The van der Waals surface area contributed by atoms with E-state index in [0.29, 0.717) is 13.1 Å². The first-order chi connectivity index (χ1) is 13.0. The summed E-state index contributed by atoms with van der Waals surface area (Å²) in [7, 11) is 7.35. The van der Waals surface area contributed by atoms with Crippen LogP contribution in [0, 0.1) is 0 Å². The van der Waals surface area contributed by atoms with Crippen molar-refractivity contribution in [2.45, 2.75) is 19.6 Å². The third-order valence-electron chi connectivity index (χ3n) is 3.89. The lowest BCUT2D eigenvalue weighted by Gasteiger charge is -2.18. The first-order valence-corrected chi connectivity index (χ1v) is 8.89. The Morgan fingerprint density at radius 3 is 2.61 bits per heavy atom. The van der Waals surface area contributed by atoms with E-state index in [2.05, 4.69) is 26.7 Å². The summed E-state index contributed by atoms with van der Waals surface area (Å²) in [4.78, 5) is 10.6. The minimum atomic E-state index is -0.0306. The molecule has 0 bridgehead atoms. The van der Waals surface area contributed by atoms with Crippen LogP contribution in [-0.4, -0.2) is 51.8 Å². The van der Waals surface area contributed by atoms with Crippen LogP contribution in [0.2, 0.25) is 0 Å².